The van der Waals surface area contributed by atoms with Crippen LogP contribution in [0.15, 0.2) is 55.1 Å². The summed E-state index contributed by atoms with van der Waals surface area (Å²) in [5.74, 6) is 0.142. The highest BCUT2D eigenvalue weighted by atomic mass is 19.4. The van der Waals surface area contributed by atoms with E-state index in [1.54, 1.807) is 30.3 Å². The summed E-state index contributed by atoms with van der Waals surface area (Å²) in [6, 6.07) is 11.8. The topological polar surface area (TPSA) is 9.23 Å². The summed E-state index contributed by atoms with van der Waals surface area (Å²) in [4.78, 5) is 0. The third-order valence-corrected chi connectivity index (χ3v) is 2.54. The molecule has 0 amide bonds. The van der Waals surface area contributed by atoms with E-state index in [-0.39, 0.29) is 5.75 Å². The van der Waals surface area contributed by atoms with Crippen LogP contribution in [0.4, 0.5) is 13.2 Å². The van der Waals surface area contributed by atoms with E-state index >= 15 is 0 Å². The molecule has 0 saturated carbocycles. The number of alkyl halides is 3. The molecule has 0 aliphatic rings. The van der Waals surface area contributed by atoms with Gasteiger partial charge in [-0.05, 0) is 29.8 Å². The van der Waals surface area contributed by atoms with Crippen LogP contribution >= 0.6 is 0 Å². The lowest BCUT2D eigenvalue weighted by molar-refractivity contribution is -0.138. The fourth-order valence-corrected chi connectivity index (χ4v) is 1.59. The molecule has 2 aromatic rings. The fourth-order valence-electron chi connectivity index (χ4n) is 1.59. The van der Waals surface area contributed by atoms with Gasteiger partial charge in [-0.15, -0.1) is 0 Å². The second-order valence-electron chi connectivity index (χ2n) is 3.87. The van der Waals surface area contributed by atoms with Crippen molar-refractivity contribution >= 4 is 6.08 Å². The first-order valence-corrected chi connectivity index (χ1v) is 5.57. The Bertz CT molecular complexity index is 571. The standard InChI is InChI=1S/C15H11F3O/c1-2-11-7-9-12(10-8-11)19-14-6-4-3-5-13(14)15(16,17)18/h2-10H,1H2. The molecule has 2 aromatic carbocycles. The van der Waals surface area contributed by atoms with Crippen LogP contribution in [-0.2, 0) is 6.18 Å². The molecule has 0 fully saturated rings. The summed E-state index contributed by atoms with van der Waals surface area (Å²) in [5.41, 5.74) is 0.0826. The predicted molar refractivity (Wildman–Crippen MR) is 68.1 cm³/mol. The first-order chi connectivity index (χ1) is 9.00. The predicted octanol–water partition coefficient (Wildman–Crippen LogP) is 5.14. The zero-order chi connectivity index (χ0) is 13.9. The van der Waals surface area contributed by atoms with Crippen molar-refractivity contribution in [2.75, 3.05) is 0 Å². The van der Waals surface area contributed by atoms with Crippen LogP contribution in [0.3, 0.4) is 0 Å². The Hall–Kier alpha value is -2.23. The molecule has 2 rings (SSSR count). The third kappa shape index (κ3) is 3.16. The van der Waals surface area contributed by atoms with Gasteiger partial charge in [0, 0.05) is 0 Å². The second kappa shape index (κ2) is 5.18. The Labute approximate surface area is 109 Å². The summed E-state index contributed by atoms with van der Waals surface area (Å²) in [5, 5.41) is 0. The minimum absolute atomic E-state index is 0.207. The highest BCUT2D eigenvalue weighted by molar-refractivity contribution is 5.49. The molecule has 19 heavy (non-hydrogen) atoms. The van der Waals surface area contributed by atoms with Gasteiger partial charge in [-0.3, -0.25) is 0 Å². The van der Waals surface area contributed by atoms with Gasteiger partial charge in [0.25, 0.3) is 0 Å². The number of para-hydroxylation sites is 1. The van der Waals surface area contributed by atoms with Crippen LogP contribution in [0, 0.1) is 0 Å². The van der Waals surface area contributed by atoms with Crippen LogP contribution in [0.2, 0.25) is 0 Å². The number of hydrogen-bond acceptors (Lipinski definition) is 1. The molecule has 0 atom stereocenters. The van der Waals surface area contributed by atoms with Gasteiger partial charge in [-0.2, -0.15) is 13.2 Å². The van der Waals surface area contributed by atoms with Crippen molar-refractivity contribution in [1.29, 1.82) is 0 Å². The fraction of sp³-hybridized carbons (Fsp3) is 0.0667. The average molecular weight is 264 g/mol. The van der Waals surface area contributed by atoms with E-state index in [9.17, 15) is 13.2 Å². The zero-order valence-corrected chi connectivity index (χ0v) is 9.95. The molecular formula is C15H11F3O. The van der Waals surface area contributed by atoms with Gasteiger partial charge in [-0.1, -0.05) is 36.9 Å². The van der Waals surface area contributed by atoms with Gasteiger partial charge in [0.2, 0.25) is 0 Å². The lowest BCUT2D eigenvalue weighted by Crippen LogP contribution is -2.06. The Balaban J connectivity index is 2.30. The highest BCUT2D eigenvalue weighted by Gasteiger charge is 2.34. The Morgan fingerprint density at radius 2 is 1.58 bits per heavy atom. The van der Waals surface area contributed by atoms with E-state index in [2.05, 4.69) is 6.58 Å². The van der Waals surface area contributed by atoms with E-state index in [1.807, 2.05) is 0 Å². The normalized spacial score (nSPS) is 11.1. The van der Waals surface area contributed by atoms with Crippen LogP contribution in [-0.4, -0.2) is 0 Å². The van der Waals surface area contributed by atoms with Gasteiger partial charge < -0.3 is 4.74 Å². The molecule has 98 valence electrons. The summed E-state index contributed by atoms with van der Waals surface area (Å²) in [6.07, 6.45) is -2.79. The number of rotatable bonds is 3. The SMILES string of the molecule is C=Cc1ccc(Oc2ccccc2C(F)(F)F)cc1. The smallest absolute Gasteiger partial charge is 0.419 e. The molecule has 0 saturated heterocycles. The van der Waals surface area contributed by atoms with Crippen molar-refractivity contribution in [3.05, 3.63) is 66.2 Å². The second-order valence-corrected chi connectivity index (χ2v) is 3.87. The number of benzene rings is 2. The molecule has 0 radical (unpaired) electrons. The quantitative estimate of drug-likeness (QED) is 0.745. The van der Waals surface area contributed by atoms with Crippen molar-refractivity contribution in [2.24, 2.45) is 0 Å². The first kappa shape index (κ1) is 13.2. The van der Waals surface area contributed by atoms with Gasteiger partial charge >= 0.3 is 6.18 Å². The first-order valence-electron chi connectivity index (χ1n) is 5.57. The van der Waals surface area contributed by atoms with E-state index in [0.29, 0.717) is 5.75 Å². The molecule has 0 N–H and O–H groups in total. The Morgan fingerprint density at radius 3 is 2.16 bits per heavy atom. The molecule has 0 aromatic heterocycles. The summed E-state index contributed by atoms with van der Waals surface area (Å²) >= 11 is 0. The van der Waals surface area contributed by atoms with Crippen molar-refractivity contribution in [3.63, 3.8) is 0 Å². The minimum atomic E-state index is -4.43. The molecule has 0 heterocycles. The molecule has 0 aliphatic heterocycles. The Morgan fingerprint density at radius 1 is 0.947 bits per heavy atom. The van der Waals surface area contributed by atoms with Crippen LogP contribution in [0.1, 0.15) is 11.1 Å². The molecule has 0 spiro atoms. The lowest BCUT2D eigenvalue weighted by atomic mass is 10.2. The van der Waals surface area contributed by atoms with E-state index < -0.39 is 11.7 Å². The van der Waals surface area contributed by atoms with Crippen molar-refractivity contribution in [1.82, 2.24) is 0 Å². The Kier molecular flexibility index (Phi) is 3.60. The van der Waals surface area contributed by atoms with Crippen molar-refractivity contribution < 1.29 is 17.9 Å². The van der Waals surface area contributed by atoms with Crippen LogP contribution in [0.25, 0.3) is 6.08 Å². The summed E-state index contributed by atoms with van der Waals surface area (Å²) < 4.78 is 43.6. The van der Waals surface area contributed by atoms with Crippen LogP contribution in [0.5, 0.6) is 11.5 Å². The maximum absolute atomic E-state index is 12.8. The molecule has 1 nitrogen and oxygen atoms in total. The van der Waals surface area contributed by atoms with E-state index in [1.165, 1.54) is 18.2 Å². The number of ether oxygens (including phenoxy) is 1. The third-order valence-electron chi connectivity index (χ3n) is 2.54. The lowest BCUT2D eigenvalue weighted by Gasteiger charge is -2.13. The molecular weight excluding hydrogens is 253 g/mol. The maximum atomic E-state index is 12.8. The van der Waals surface area contributed by atoms with Gasteiger partial charge in [0.15, 0.2) is 0 Å². The van der Waals surface area contributed by atoms with E-state index in [0.717, 1.165) is 11.6 Å². The minimum Gasteiger partial charge on any atom is -0.457 e. The average Bonchev–Trinajstić information content (AvgIpc) is 2.39. The summed E-state index contributed by atoms with van der Waals surface area (Å²) in [7, 11) is 0. The van der Waals surface area contributed by atoms with E-state index in [4.69, 9.17) is 4.74 Å². The number of halogens is 3. The van der Waals surface area contributed by atoms with Gasteiger partial charge in [0.1, 0.15) is 11.5 Å². The molecule has 4 heteroatoms. The van der Waals surface area contributed by atoms with Gasteiger partial charge in [0.05, 0.1) is 5.56 Å². The maximum Gasteiger partial charge on any atom is 0.419 e. The molecule has 0 unspecified atom stereocenters. The highest BCUT2D eigenvalue weighted by Crippen LogP contribution is 2.37. The monoisotopic (exact) mass is 264 g/mol. The molecule has 0 aliphatic carbocycles. The van der Waals surface area contributed by atoms with Crippen molar-refractivity contribution in [3.8, 4) is 11.5 Å². The zero-order valence-electron chi connectivity index (χ0n) is 9.95. The number of hydrogen-bond donors (Lipinski definition) is 0. The van der Waals surface area contributed by atoms with Crippen LogP contribution < -0.4 is 4.74 Å². The van der Waals surface area contributed by atoms with Crippen molar-refractivity contribution in [2.45, 2.75) is 6.18 Å². The molecule has 0 bridgehead atoms. The summed E-state index contributed by atoms with van der Waals surface area (Å²) in [6.45, 7) is 3.60. The largest absolute Gasteiger partial charge is 0.457 e. The van der Waals surface area contributed by atoms with Gasteiger partial charge in [-0.25, -0.2) is 0 Å².